The number of ether oxygens (including phenoxy) is 2. The molecule has 9 heteroatoms. The molecule has 0 amide bonds. The van der Waals surface area contributed by atoms with Crippen LogP contribution in [-0.2, 0) is 9.48 Å². The van der Waals surface area contributed by atoms with E-state index in [9.17, 15) is 5.11 Å². The summed E-state index contributed by atoms with van der Waals surface area (Å²) in [6.45, 7) is 1.90. The first-order valence-corrected chi connectivity index (χ1v) is 10.7. The SMILES string of the molecule is C[C@H]1O[C@@H](n2cnc3c(N)nc(OC4CCCC4)nc32)[C@H](O)[C@]1(S)c1ccccc1. The molecule has 0 bridgehead atoms. The van der Waals surface area contributed by atoms with Gasteiger partial charge in [-0.3, -0.25) is 4.57 Å². The topological polar surface area (TPSA) is 108 Å². The molecular weight excluding hydrogens is 402 g/mol. The molecule has 3 heterocycles. The summed E-state index contributed by atoms with van der Waals surface area (Å²) in [5.74, 6) is 0.243. The maximum Gasteiger partial charge on any atom is 0.320 e. The van der Waals surface area contributed by atoms with Gasteiger partial charge in [0.15, 0.2) is 23.2 Å². The minimum atomic E-state index is -0.939. The van der Waals surface area contributed by atoms with Crippen molar-refractivity contribution in [3.8, 4) is 6.01 Å². The van der Waals surface area contributed by atoms with Crippen LogP contribution in [0, 0.1) is 0 Å². The third-order valence-electron chi connectivity index (χ3n) is 6.20. The van der Waals surface area contributed by atoms with Crippen LogP contribution in [0.1, 0.15) is 44.4 Å². The normalized spacial score (nSPS) is 29.6. The molecule has 158 valence electrons. The number of nitrogens with zero attached hydrogens (tertiary/aromatic N) is 4. The zero-order chi connectivity index (χ0) is 20.9. The number of thiol groups is 1. The standard InChI is InChI=1S/C21H25N5O3S/c1-12-21(30,13-7-3-2-4-8-13)16(27)19(28-12)26-11-23-15-17(22)24-20(25-18(15)26)29-14-9-5-6-10-14/h2-4,7-8,11-12,14,16,19,27,30H,5-6,9-10H2,1H3,(H2,22,24,25)/t12-,16+,19-,21-/m1/s1. The van der Waals surface area contributed by atoms with Gasteiger partial charge >= 0.3 is 6.01 Å². The van der Waals surface area contributed by atoms with Gasteiger partial charge in [0.25, 0.3) is 0 Å². The van der Waals surface area contributed by atoms with Gasteiger partial charge in [0.2, 0.25) is 0 Å². The molecule has 3 aromatic rings. The molecule has 2 fully saturated rings. The molecule has 1 saturated carbocycles. The fraction of sp³-hybridized carbons (Fsp3) is 0.476. The molecule has 0 radical (unpaired) electrons. The van der Waals surface area contributed by atoms with Crippen LogP contribution in [0.4, 0.5) is 5.82 Å². The number of hydrogen-bond acceptors (Lipinski definition) is 8. The summed E-state index contributed by atoms with van der Waals surface area (Å²) in [6.07, 6.45) is 3.92. The van der Waals surface area contributed by atoms with E-state index in [4.69, 9.17) is 27.8 Å². The van der Waals surface area contributed by atoms with E-state index in [0.29, 0.717) is 11.2 Å². The molecule has 1 aliphatic carbocycles. The number of imidazole rings is 1. The maximum absolute atomic E-state index is 11.3. The van der Waals surface area contributed by atoms with Crippen molar-refractivity contribution in [2.24, 2.45) is 0 Å². The second kappa shape index (κ2) is 7.40. The Bertz CT molecular complexity index is 1060. The largest absolute Gasteiger partial charge is 0.460 e. The molecule has 2 aromatic heterocycles. The van der Waals surface area contributed by atoms with E-state index in [1.165, 1.54) is 0 Å². The first kappa shape index (κ1) is 19.6. The Labute approximate surface area is 179 Å². The summed E-state index contributed by atoms with van der Waals surface area (Å²) >= 11 is 4.87. The van der Waals surface area contributed by atoms with Gasteiger partial charge in [-0.05, 0) is 38.2 Å². The molecule has 30 heavy (non-hydrogen) atoms. The molecule has 1 aromatic carbocycles. The highest BCUT2D eigenvalue weighted by Gasteiger charge is 2.54. The van der Waals surface area contributed by atoms with E-state index < -0.39 is 17.1 Å². The Morgan fingerprint density at radius 3 is 2.70 bits per heavy atom. The summed E-state index contributed by atoms with van der Waals surface area (Å²) < 4.78 is 12.9. The van der Waals surface area contributed by atoms with Crippen molar-refractivity contribution in [2.45, 2.75) is 61.9 Å². The summed E-state index contributed by atoms with van der Waals surface area (Å²) in [5, 5.41) is 11.3. The Balaban J connectivity index is 1.52. The number of nitrogen functional groups attached to an aromatic ring is 1. The predicted molar refractivity (Wildman–Crippen MR) is 115 cm³/mol. The zero-order valence-corrected chi connectivity index (χ0v) is 17.6. The number of aliphatic hydroxyl groups is 1. The van der Waals surface area contributed by atoms with Gasteiger partial charge in [0, 0.05) is 0 Å². The van der Waals surface area contributed by atoms with Gasteiger partial charge in [-0.1, -0.05) is 30.3 Å². The molecule has 4 atom stereocenters. The van der Waals surface area contributed by atoms with Gasteiger partial charge in [0.05, 0.1) is 17.2 Å². The number of hydrogen-bond donors (Lipinski definition) is 3. The second-order valence-corrected chi connectivity index (χ2v) is 8.78. The van der Waals surface area contributed by atoms with Gasteiger partial charge in [-0.15, -0.1) is 0 Å². The van der Waals surface area contributed by atoms with Crippen LogP contribution in [0.2, 0.25) is 0 Å². The first-order chi connectivity index (χ1) is 14.5. The van der Waals surface area contributed by atoms with Crippen molar-refractivity contribution < 1.29 is 14.6 Å². The minimum absolute atomic E-state index is 0.106. The zero-order valence-electron chi connectivity index (χ0n) is 16.7. The Kier molecular flexibility index (Phi) is 4.83. The lowest BCUT2D eigenvalue weighted by Gasteiger charge is -2.30. The fourth-order valence-electron chi connectivity index (χ4n) is 4.49. The summed E-state index contributed by atoms with van der Waals surface area (Å²) in [4.78, 5) is 13.2. The van der Waals surface area contributed by atoms with Crippen LogP contribution >= 0.6 is 12.6 Å². The van der Waals surface area contributed by atoms with Crippen LogP contribution in [0.3, 0.4) is 0 Å². The highest BCUT2D eigenvalue weighted by Crippen LogP contribution is 2.49. The lowest BCUT2D eigenvalue weighted by molar-refractivity contribution is -0.0298. The number of anilines is 1. The third kappa shape index (κ3) is 3.03. The highest BCUT2D eigenvalue weighted by atomic mass is 32.1. The van der Waals surface area contributed by atoms with Gasteiger partial charge < -0.3 is 20.3 Å². The molecular formula is C21H25N5O3S. The molecule has 3 N–H and O–H groups in total. The monoisotopic (exact) mass is 427 g/mol. The quantitative estimate of drug-likeness (QED) is 0.550. The Morgan fingerprint density at radius 1 is 1.23 bits per heavy atom. The lowest BCUT2D eigenvalue weighted by Crippen LogP contribution is -2.38. The van der Waals surface area contributed by atoms with Crippen molar-refractivity contribution in [1.82, 2.24) is 19.5 Å². The number of aromatic nitrogens is 4. The Morgan fingerprint density at radius 2 is 1.97 bits per heavy atom. The smallest absolute Gasteiger partial charge is 0.320 e. The van der Waals surface area contributed by atoms with E-state index in [1.807, 2.05) is 37.3 Å². The van der Waals surface area contributed by atoms with E-state index in [2.05, 4.69) is 15.0 Å². The van der Waals surface area contributed by atoms with Crippen molar-refractivity contribution in [3.63, 3.8) is 0 Å². The predicted octanol–water partition coefficient (Wildman–Crippen LogP) is 2.83. The minimum Gasteiger partial charge on any atom is -0.460 e. The first-order valence-electron chi connectivity index (χ1n) is 10.3. The van der Waals surface area contributed by atoms with Crippen LogP contribution in [0.15, 0.2) is 36.7 Å². The number of fused-ring (bicyclic) bond motifs is 1. The number of nitrogens with two attached hydrogens (primary N) is 1. The van der Waals surface area contributed by atoms with Crippen molar-refractivity contribution in [2.75, 3.05) is 5.73 Å². The number of benzene rings is 1. The maximum atomic E-state index is 11.3. The second-order valence-electron chi connectivity index (χ2n) is 8.04. The van der Waals surface area contributed by atoms with Crippen molar-refractivity contribution in [3.05, 3.63) is 42.2 Å². The summed E-state index contributed by atoms with van der Waals surface area (Å²) in [6, 6.07) is 9.89. The highest BCUT2D eigenvalue weighted by molar-refractivity contribution is 7.81. The van der Waals surface area contributed by atoms with E-state index in [0.717, 1.165) is 31.2 Å². The van der Waals surface area contributed by atoms with E-state index in [1.54, 1.807) is 10.9 Å². The van der Waals surface area contributed by atoms with Crippen molar-refractivity contribution >= 4 is 29.6 Å². The Hall–Kier alpha value is -2.36. The molecule has 8 nitrogen and oxygen atoms in total. The van der Waals surface area contributed by atoms with Gasteiger partial charge in [-0.25, -0.2) is 4.98 Å². The van der Waals surface area contributed by atoms with Crippen LogP contribution in [0.25, 0.3) is 11.2 Å². The third-order valence-corrected chi connectivity index (χ3v) is 7.08. The molecule has 0 spiro atoms. The van der Waals surface area contributed by atoms with E-state index in [-0.39, 0.29) is 24.0 Å². The number of rotatable bonds is 4. The van der Waals surface area contributed by atoms with Crippen LogP contribution in [0.5, 0.6) is 6.01 Å². The lowest BCUT2D eigenvalue weighted by atomic mass is 9.89. The summed E-state index contributed by atoms with van der Waals surface area (Å²) in [7, 11) is 0. The molecule has 0 unspecified atom stereocenters. The fourth-order valence-corrected chi connectivity index (χ4v) is 4.82. The molecule has 1 aliphatic heterocycles. The molecule has 5 rings (SSSR count). The van der Waals surface area contributed by atoms with Gasteiger partial charge in [0.1, 0.15) is 12.2 Å². The summed E-state index contributed by atoms with van der Waals surface area (Å²) in [5.41, 5.74) is 7.94. The molecule has 1 saturated heterocycles. The number of aliphatic hydroxyl groups excluding tert-OH is 1. The van der Waals surface area contributed by atoms with Gasteiger partial charge in [-0.2, -0.15) is 22.6 Å². The average Bonchev–Trinajstić information content (AvgIpc) is 3.45. The average molecular weight is 428 g/mol. The molecule has 2 aliphatic rings. The van der Waals surface area contributed by atoms with E-state index >= 15 is 0 Å². The van der Waals surface area contributed by atoms with Crippen molar-refractivity contribution in [1.29, 1.82) is 0 Å². The van der Waals surface area contributed by atoms with Crippen LogP contribution in [-0.4, -0.2) is 42.9 Å². The van der Waals surface area contributed by atoms with Crippen LogP contribution < -0.4 is 10.5 Å².